The quantitative estimate of drug-likeness (QED) is 0.335. The molecule has 3 aromatic rings. The molecule has 0 bridgehead atoms. The van der Waals surface area contributed by atoms with Crippen molar-refractivity contribution in [1.29, 1.82) is 5.26 Å². The van der Waals surface area contributed by atoms with Crippen molar-refractivity contribution in [1.82, 2.24) is 9.55 Å². The van der Waals surface area contributed by atoms with Crippen molar-refractivity contribution in [3.8, 4) is 22.4 Å². The molecular weight excluding hydrogens is 476 g/mol. The largest absolute Gasteiger partial charge is 0.489 e. The number of benzene rings is 1. The van der Waals surface area contributed by atoms with Crippen LogP contribution < -0.4 is 15.2 Å². The first-order chi connectivity index (χ1) is 17.0. The van der Waals surface area contributed by atoms with Crippen molar-refractivity contribution in [2.24, 2.45) is 5.92 Å². The molecule has 0 spiro atoms. The van der Waals surface area contributed by atoms with Crippen LogP contribution in [-0.4, -0.2) is 34.9 Å². The number of ether oxygens (including phenoxy) is 2. The number of amides is 1. The smallest absolute Gasteiger partial charge is 0.415 e. The zero-order valence-electron chi connectivity index (χ0n) is 22.0. The summed E-state index contributed by atoms with van der Waals surface area (Å²) in [7, 11) is 1.60. The molecule has 0 saturated carbocycles. The van der Waals surface area contributed by atoms with Crippen molar-refractivity contribution in [2.45, 2.75) is 66.5 Å². The standard InChI is InChI=1S/C27H34N4O4S/c1-8-9-12-34-22-21-13-18(23-29-19(14-28)16-36-23)10-11-20(21)25(32)31(15-17(2)3)24(22)30(7)26(33)35-27(4,5)6/h10-11,13,16-17H,8-9,12,15H2,1-7H3. The molecule has 192 valence electrons. The third-order valence-electron chi connectivity index (χ3n) is 5.34. The van der Waals surface area contributed by atoms with Crippen molar-refractivity contribution in [3.63, 3.8) is 0 Å². The van der Waals surface area contributed by atoms with Crippen LogP contribution in [0.3, 0.4) is 0 Å². The average Bonchev–Trinajstić information content (AvgIpc) is 3.29. The molecule has 2 heterocycles. The third kappa shape index (κ3) is 6.05. The van der Waals surface area contributed by atoms with Crippen molar-refractivity contribution in [2.75, 3.05) is 18.6 Å². The maximum atomic E-state index is 13.8. The van der Waals surface area contributed by atoms with Crippen LogP contribution in [0.4, 0.5) is 10.6 Å². The predicted octanol–water partition coefficient (Wildman–Crippen LogP) is 6.20. The second-order valence-electron chi connectivity index (χ2n) is 10.1. The molecule has 8 nitrogen and oxygen atoms in total. The van der Waals surface area contributed by atoms with E-state index in [1.54, 1.807) is 43.8 Å². The number of carbonyl (C=O) groups is 1. The van der Waals surface area contributed by atoms with Gasteiger partial charge in [-0.15, -0.1) is 11.3 Å². The lowest BCUT2D eigenvalue weighted by atomic mass is 10.1. The van der Waals surface area contributed by atoms with Crippen LogP contribution in [0.15, 0.2) is 28.4 Å². The summed E-state index contributed by atoms with van der Waals surface area (Å²) in [5, 5.41) is 12.6. The first kappa shape index (κ1) is 27.2. The van der Waals surface area contributed by atoms with Crippen LogP contribution in [0, 0.1) is 17.2 Å². The molecule has 1 aromatic carbocycles. The number of rotatable bonds is 8. The summed E-state index contributed by atoms with van der Waals surface area (Å²) >= 11 is 1.36. The SMILES string of the molecule is CCCCOc1c(N(C)C(=O)OC(C)(C)C)n(CC(C)C)c(=O)c2ccc(-c3nc(C#N)cs3)cc12. The molecule has 9 heteroatoms. The Labute approximate surface area is 216 Å². The van der Waals surface area contributed by atoms with E-state index in [0.29, 0.717) is 46.2 Å². The van der Waals surface area contributed by atoms with Crippen LogP contribution in [0.2, 0.25) is 0 Å². The Bertz CT molecular complexity index is 1340. The second kappa shape index (κ2) is 11.1. The molecule has 0 N–H and O–H groups in total. The van der Waals surface area contributed by atoms with E-state index >= 15 is 0 Å². The minimum absolute atomic E-state index is 0.147. The minimum atomic E-state index is -0.703. The van der Waals surface area contributed by atoms with E-state index in [1.807, 2.05) is 26.0 Å². The fraction of sp³-hybridized carbons (Fsp3) is 0.481. The fourth-order valence-corrected chi connectivity index (χ4v) is 4.48. The number of nitriles is 1. The molecule has 1 amide bonds. The van der Waals surface area contributed by atoms with E-state index in [-0.39, 0.29) is 11.5 Å². The Morgan fingerprint density at radius 1 is 1.28 bits per heavy atom. The number of unbranched alkanes of at least 4 members (excludes halogenated alkanes) is 1. The molecule has 0 aliphatic heterocycles. The normalized spacial score (nSPS) is 11.5. The number of carbonyl (C=O) groups excluding carboxylic acids is 1. The van der Waals surface area contributed by atoms with Gasteiger partial charge in [-0.05, 0) is 45.2 Å². The molecule has 0 saturated heterocycles. The van der Waals surface area contributed by atoms with Gasteiger partial charge in [0.25, 0.3) is 5.56 Å². The maximum Gasteiger partial charge on any atom is 0.415 e. The molecule has 3 rings (SSSR count). The highest BCUT2D eigenvalue weighted by atomic mass is 32.1. The highest BCUT2D eigenvalue weighted by Gasteiger charge is 2.28. The van der Waals surface area contributed by atoms with Gasteiger partial charge in [0.1, 0.15) is 16.7 Å². The van der Waals surface area contributed by atoms with Gasteiger partial charge in [0.15, 0.2) is 17.3 Å². The topological polar surface area (TPSA) is 97.4 Å². The molecule has 36 heavy (non-hydrogen) atoms. The average molecular weight is 511 g/mol. The number of fused-ring (bicyclic) bond motifs is 1. The van der Waals surface area contributed by atoms with Crippen LogP contribution in [0.5, 0.6) is 5.75 Å². The van der Waals surface area contributed by atoms with Crippen LogP contribution in [0.1, 0.15) is 60.1 Å². The zero-order chi connectivity index (χ0) is 26.6. The molecule has 2 aromatic heterocycles. The van der Waals surface area contributed by atoms with Gasteiger partial charge in [-0.1, -0.05) is 33.3 Å². The summed E-state index contributed by atoms with van der Waals surface area (Å²) in [5.41, 5.74) is 0.189. The van der Waals surface area contributed by atoms with E-state index in [1.165, 1.54) is 16.2 Å². The summed E-state index contributed by atoms with van der Waals surface area (Å²) in [4.78, 5) is 32.6. The summed E-state index contributed by atoms with van der Waals surface area (Å²) in [6.07, 6.45) is 1.18. The molecule has 0 unspecified atom stereocenters. The van der Waals surface area contributed by atoms with E-state index < -0.39 is 11.7 Å². The number of aromatic nitrogens is 2. The number of hydrogen-bond donors (Lipinski definition) is 0. The van der Waals surface area contributed by atoms with Gasteiger partial charge in [-0.2, -0.15) is 5.26 Å². The van der Waals surface area contributed by atoms with Gasteiger partial charge in [0.2, 0.25) is 0 Å². The fourth-order valence-electron chi connectivity index (χ4n) is 3.74. The summed E-state index contributed by atoms with van der Waals surface area (Å²) in [6.45, 7) is 12.3. The lowest BCUT2D eigenvalue weighted by Gasteiger charge is -2.29. The second-order valence-corrected chi connectivity index (χ2v) is 11.0. The Kier molecular flexibility index (Phi) is 8.41. The summed E-state index contributed by atoms with van der Waals surface area (Å²) in [6, 6.07) is 7.50. The lowest BCUT2D eigenvalue weighted by Crippen LogP contribution is -2.38. The van der Waals surface area contributed by atoms with Gasteiger partial charge < -0.3 is 9.47 Å². The van der Waals surface area contributed by atoms with Crippen LogP contribution in [0.25, 0.3) is 21.3 Å². The highest BCUT2D eigenvalue weighted by molar-refractivity contribution is 7.13. The highest BCUT2D eigenvalue weighted by Crippen LogP contribution is 2.38. The Morgan fingerprint density at radius 2 is 2.00 bits per heavy atom. The van der Waals surface area contributed by atoms with E-state index in [0.717, 1.165) is 18.4 Å². The molecule has 0 radical (unpaired) electrons. The number of pyridine rings is 1. The van der Waals surface area contributed by atoms with E-state index in [4.69, 9.17) is 9.47 Å². The lowest BCUT2D eigenvalue weighted by molar-refractivity contribution is 0.0585. The summed E-state index contributed by atoms with van der Waals surface area (Å²) < 4.78 is 13.5. The van der Waals surface area contributed by atoms with Crippen molar-refractivity contribution >= 4 is 34.0 Å². The molecule has 0 aliphatic carbocycles. The monoisotopic (exact) mass is 510 g/mol. The molecule has 0 fully saturated rings. The minimum Gasteiger partial charge on any atom is -0.489 e. The van der Waals surface area contributed by atoms with Gasteiger partial charge in [-0.3, -0.25) is 14.3 Å². The van der Waals surface area contributed by atoms with Crippen LogP contribution in [-0.2, 0) is 11.3 Å². The van der Waals surface area contributed by atoms with E-state index in [2.05, 4.69) is 18.0 Å². The van der Waals surface area contributed by atoms with Gasteiger partial charge >= 0.3 is 6.09 Å². The van der Waals surface area contributed by atoms with Crippen molar-refractivity contribution in [3.05, 3.63) is 39.6 Å². The summed E-state index contributed by atoms with van der Waals surface area (Å²) in [5.74, 6) is 0.958. The first-order valence-corrected chi connectivity index (χ1v) is 13.0. The van der Waals surface area contributed by atoms with E-state index in [9.17, 15) is 14.9 Å². The van der Waals surface area contributed by atoms with Crippen LogP contribution >= 0.6 is 11.3 Å². The number of thiazole rings is 1. The Balaban J connectivity index is 2.33. The number of anilines is 1. The molecule has 0 atom stereocenters. The maximum absolute atomic E-state index is 13.8. The predicted molar refractivity (Wildman–Crippen MR) is 144 cm³/mol. The van der Waals surface area contributed by atoms with Gasteiger partial charge in [0, 0.05) is 29.9 Å². The Hall–Kier alpha value is -3.38. The first-order valence-electron chi connectivity index (χ1n) is 12.1. The van der Waals surface area contributed by atoms with Gasteiger partial charge in [-0.25, -0.2) is 9.78 Å². The third-order valence-corrected chi connectivity index (χ3v) is 6.23. The molecule has 0 aliphatic rings. The molecular formula is C27H34N4O4S. The Morgan fingerprint density at radius 3 is 2.58 bits per heavy atom. The van der Waals surface area contributed by atoms with Gasteiger partial charge in [0.05, 0.1) is 12.0 Å². The number of hydrogen-bond acceptors (Lipinski definition) is 7. The zero-order valence-corrected chi connectivity index (χ0v) is 22.9. The van der Waals surface area contributed by atoms with Crippen molar-refractivity contribution < 1.29 is 14.3 Å². The number of nitrogens with zero attached hydrogens (tertiary/aromatic N) is 4.